The van der Waals surface area contributed by atoms with Crippen LogP contribution in [-0.2, 0) is 5.41 Å². The molecule has 10 aromatic rings. The molecule has 2 heterocycles. The van der Waals surface area contributed by atoms with Gasteiger partial charge in [0.1, 0.15) is 0 Å². The molecule has 2 nitrogen and oxygen atoms in total. The number of hydrogen-bond donors (Lipinski definition) is 0. The van der Waals surface area contributed by atoms with Crippen LogP contribution in [0.4, 0.5) is 0 Å². The molecular weight excluding hydrogens is 709 g/mol. The fourth-order valence-electron chi connectivity index (χ4n) is 9.08. The standard InChI is InChI=1S/C54H36N2S/c1-54(37-19-6-3-7-20-37)46-28-14-12-26-43(46)52-44(27-16-29-47(52)54)49-34-48(55-53(56-49)35-17-4-2-5-18-35)41-24-11-10-23-40(41)39-22-9-8-21-38(39)36-31-32-51-45(33-36)42-25-13-15-30-50(42)57-51/h2-34H,1H3. The van der Waals surface area contributed by atoms with Gasteiger partial charge in [0.25, 0.3) is 0 Å². The highest BCUT2D eigenvalue weighted by atomic mass is 32.1. The summed E-state index contributed by atoms with van der Waals surface area (Å²) in [5.41, 5.74) is 15.7. The highest BCUT2D eigenvalue weighted by molar-refractivity contribution is 7.25. The molecule has 11 rings (SSSR count). The maximum Gasteiger partial charge on any atom is 0.160 e. The average molecular weight is 745 g/mol. The molecule has 1 atom stereocenters. The van der Waals surface area contributed by atoms with Crippen molar-refractivity contribution in [2.24, 2.45) is 0 Å². The molecule has 0 radical (unpaired) electrons. The first-order valence-electron chi connectivity index (χ1n) is 19.5. The van der Waals surface area contributed by atoms with Gasteiger partial charge in [-0.1, -0.05) is 176 Å². The number of thiophene rings is 1. The highest BCUT2D eigenvalue weighted by Crippen LogP contribution is 2.55. The molecule has 8 aromatic carbocycles. The monoisotopic (exact) mass is 744 g/mol. The molecule has 0 saturated carbocycles. The molecule has 0 saturated heterocycles. The van der Waals surface area contributed by atoms with E-state index < -0.39 is 0 Å². The lowest BCUT2D eigenvalue weighted by Crippen LogP contribution is -2.22. The number of rotatable bonds is 6. The van der Waals surface area contributed by atoms with Gasteiger partial charge in [0.15, 0.2) is 5.82 Å². The summed E-state index contributed by atoms with van der Waals surface area (Å²) in [6.07, 6.45) is 0. The van der Waals surface area contributed by atoms with Crippen molar-refractivity contribution >= 4 is 31.5 Å². The van der Waals surface area contributed by atoms with Gasteiger partial charge in [-0.2, -0.15) is 0 Å². The summed E-state index contributed by atoms with van der Waals surface area (Å²) < 4.78 is 2.62. The van der Waals surface area contributed by atoms with Gasteiger partial charge in [0, 0.05) is 42.3 Å². The first kappa shape index (κ1) is 33.4. The van der Waals surface area contributed by atoms with Crippen molar-refractivity contribution in [3.63, 3.8) is 0 Å². The third-order valence-corrected chi connectivity index (χ3v) is 13.0. The average Bonchev–Trinajstić information content (AvgIpc) is 3.79. The fraction of sp³-hybridized carbons (Fsp3) is 0.0370. The topological polar surface area (TPSA) is 25.8 Å². The number of nitrogens with zero attached hydrogens (tertiary/aromatic N) is 2. The van der Waals surface area contributed by atoms with Crippen molar-refractivity contribution in [2.45, 2.75) is 12.3 Å². The normalized spacial score (nSPS) is 14.5. The van der Waals surface area contributed by atoms with E-state index in [-0.39, 0.29) is 5.41 Å². The molecule has 1 aliphatic rings. The van der Waals surface area contributed by atoms with E-state index in [0.717, 1.165) is 33.6 Å². The lowest BCUT2D eigenvalue weighted by Gasteiger charge is -2.28. The van der Waals surface area contributed by atoms with Crippen molar-refractivity contribution in [3.8, 4) is 67.3 Å². The van der Waals surface area contributed by atoms with Crippen LogP contribution in [0.1, 0.15) is 23.6 Å². The summed E-state index contributed by atoms with van der Waals surface area (Å²) in [6, 6.07) is 72.2. The Labute approximate surface area is 336 Å². The number of aromatic nitrogens is 2. The Morgan fingerprint density at radius 1 is 0.386 bits per heavy atom. The molecular formula is C54H36N2S. The molecule has 0 bridgehead atoms. The van der Waals surface area contributed by atoms with Crippen LogP contribution in [0, 0.1) is 0 Å². The summed E-state index contributed by atoms with van der Waals surface area (Å²) >= 11 is 1.85. The molecule has 268 valence electrons. The molecule has 0 aliphatic heterocycles. The first-order chi connectivity index (χ1) is 28.1. The van der Waals surface area contributed by atoms with Crippen LogP contribution in [0.5, 0.6) is 0 Å². The maximum atomic E-state index is 5.38. The van der Waals surface area contributed by atoms with E-state index in [9.17, 15) is 0 Å². The third kappa shape index (κ3) is 5.38. The molecule has 1 aliphatic carbocycles. The molecule has 3 heteroatoms. The van der Waals surface area contributed by atoms with Gasteiger partial charge >= 0.3 is 0 Å². The quantitative estimate of drug-likeness (QED) is 0.169. The maximum absolute atomic E-state index is 5.38. The molecule has 0 spiro atoms. The van der Waals surface area contributed by atoms with Crippen LogP contribution in [0.15, 0.2) is 200 Å². The van der Waals surface area contributed by atoms with Crippen LogP contribution in [0.25, 0.3) is 87.5 Å². The van der Waals surface area contributed by atoms with Crippen molar-refractivity contribution in [1.29, 1.82) is 0 Å². The SMILES string of the molecule is CC1(c2ccccc2)c2ccccc2-c2c(-c3cc(-c4ccccc4-c4ccccc4-c4ccc5sc6ccccc6c5c4)nc(-c4ccccc4)n3)cccc21. The lowest BCUT2D eigenvalue weighted by atomic mass is 9.74. The molecule has 0 fully saturated rings. The summed E-state index contributed by atoms with van der Waals surface area (Å²) in [7, 11) is 0. The Morgan fingerprint density at radius 2 is 0.947 bits per heavy atom. The van der Waals surface area contributed by atoms with Gasteiger partial charge in [-0.05, 0) is 81.3 Å². The molecule has 0 N–H and O–H groups in total. The van der Waals surface area contributed by atoms with E-state index in [2.05, 4.69) is 201 Å². The van der Waals surface area contributed by atoms with E-state index in [4.69, 9.17) is 9.97 Å². The number of fused-ring (bicyclic) bond motifs is 6. The summed E-state index contributed by atoms with van der Waals surface area (Å²) in [6.45, 7) is 2.36. The fourth-order valence-corrected chi connectivity index (χ4v) is 10.2. The molecule has 0 amide bonds. The lowest BCUT2D eigenvalue weighted by molar-refractivity contribution is 0.714. The Hall–Kier alpha value is -6.94. The smallest absolute Gasteiger partial charge is 0.160 e. The Morgan fingerprint density at radius 3 is 1.74 bits per heavy atom. The van der Waals surface area contributed by atoms with Gasteiger partial charge < -0.3 is 0 Å². The Kier molecular flexibility index (Phi) is 7.84. The van der Waals surface area contributed by atoms with Crippen LogP contribution < -0.4 is 0 Å². The van der Waals surface area contributed by atoms with Crippen molar-refractivity contribution in [3.05, 3.63) is 217 Å². The zero-order valence-electron chi connectivity index (χ0n) is 31.4. The van der Waals surface area contributed by atoms with Crippen LogP contribution in [0.3, 0.4) is 0 Å². The Bertz CT molecular complexity index is 3140. The number of hydrogen-bond acceptors (Lipinski definition) is 3. The summed E-state index contributed by atoms with van der Waals surface area (Å²) in [4.78, 5) is 10.7. The predicted octanol–water partition coefficient (Wildman–Crippen LogP) is 14.5. The minimum absolute atomic E-state index is 0.310. The van der Waals surface area contributed by atoms with Crippen molar-refractivity contribution in [2.75, 3.05) is 0 Å². The highest BCUT2D eigenvalue weighted by Gasteiger charge is 2.41. The van der Waals surface area contributed by atoms with Crippen molar-refractivity contribution in [1.82, 2.24) is 9.97 Å². The predicted molar refractivity (Wildman–Crippen MR) is 240 cm³/mol. The largest absolute Gasteiger partial charge is 0.228 e. The second-order valence-electron chi connectivity index (χ2n) is 15.0. The minimum Gasteiger partial charge on any atom is -0.228 e. The van der Waals surface area contributed by atoms with E-state index in [1.54, 1.807) is 0 Å². The molecule has 2 aromatic heterocycles. The summed E-state index contributed by atoms with van der Waals surface area (Å²) in [5.74, 6) is 0.704. The zero-order valence-corrected chi connectivity index (χ0v) is 32.2. The van der Waals surface area contributed by atoms with Gasteiger partial charge in [-0.25, -0.2) is 9.97 Å². The van der Waals surface area contributed by atoms with Gasteiger partial charge in [-0.3, -0.25) is 0 Å². The zero-order chi connectivity index (χ0) is 37.9. The van der Waals surface area contributed by atoms with Crippen molar-refractivity contribution < 1.29 is 0 Å². The Balaban J connectivity index is 1.12. The summed E-state index contributed by atoms with van der Waals surface area (Å²) in [5, 5.41) is 2.60. The van der Waals surface area contributed by atoms with E-state index in [0.29, 0.717) is 5.82 Å². The number of benzene rings is 8. The van der Waals surface area contributed by atoms with Crippen LogP contribution in [-0.4, -0.2) is 9.97 Å². The van der Waals surface area contributed by atoms with Gasteiger partial charge in [-0.15, -0.1) is 11.3 Å². The third-order valence-electron chi connectivity index (χ3n) is 11.8. The molecule has 1 unspecified atom stereocenters. The van der Waals surface area contributed by atoms with E-state index >= 15 is 0 Å². The van der Waals surface area contributed by atoms with Crippen LogP contribution >= 0.6 is 11.3 Å². The van der Waals surface area contributed by atoms with Gasteiger partial charge in [0.05, 0.1) is 11.4 Å². The van der Waals surface area contributed by atoms with Gasteiger partial charge in [0.2, 0.25) is 0 Å². The van der Waals surface area contributed by atoms with E-state index in [1.165, 1.54) is 64.7 Å². The minimum atomic E-state index is -0.310. The second kappa shape index (κ2) is 13.4. The van der Waals surface area contributed by atoms with E-state index in [1.807, 2.05) is 17.4 Å². The molecule has 57 heavy (non-hydrogen) atoms. The first-order valence-corrected chi connectivity index (χ1v) is 20.3. The second-order valence-corrected chi connectivity index (χ2v) is 16.1. The van der Waals surface area contributed by atoms with Crippen LogP contribution in [0.2, 0.25) is 0 Å².